The van der Waals surface area contributed by atoms with Crippen molar-refractivity contribution in [3.05, 3.63) is 60.3 Å². The molecule has 28 heavy (non-hydrogen) atoms. The number of hydrogen-bond donors (Lipinski definition) is 0. The average Bonchev–Trinajstić information content (AvgIpc) is 2.62. The van der Waals surface area contributed by atoms with Crippen molar-refractivity contribution in [1.29, 1.82) is 0 Å². The molecule has 1 aliphatic heterocycles. The lowest BCUT2D eigenvalue weighted by molar-refractivity contribution is -0.133. The van der Waals surface area contributed by atoms with Crippen molar-refractivity contribution in [2.45, 2.75) is 39.0 Å². The molecule has 3 rings (SSSR count). The van der Waals surface area contributed by atoms with Gasteiger partial charge in [-0.05, 0) is 38.5 Å². The Morgan fingerprint density at radius 3 is 2.04 bits per heavy atom. The smallest absolute Gasteiger partial charge is 0.128 e. The fourth-order valence-corrected chi connectivity index (χ4v) is 3.25. The first-order chi connectivity index (χ1) is 12.0. The Balaban J connectivity index is 0.00000243. The zero-order valence-corrected chi connectivity index (χ0v) is 19.2. The maximum absolute atomic E-state index is 6.41. The number of aromatic nitrogens is 1. The number of piperazine rings is 1. The molecular formula is C21H32Cl3N3O. The Hall–Kier alpha value is -1.04. The molecule has 2 heterocycles. The molecule has 0 amide bonds. The number of hydrogen-bond acceptors (Lipinski definition) is 4. The summed E-state index contributed by atoms with van der Waals surface area (Å²) in [6.07, 6.45) is 2.89. The number of anilines is 1. The third kappa shape index (κ3) is 8.14. The Morgan fingerprint density at radius 1 is 0.893 bits per heavy atom. The van der Waals surface area contributed by atoms with Crippen LogP contribution in [0.2, 0.25) is 0 Å². The van der Waals surface area contributed by atoms with Gasteiger partial charge in [0.25, 0.3) is 0 Å². The summed E-state index contributed by atoms with van der Waals surface area (Å²) in [5, 5.41) is 0. The molecule has 0 saturated carbocycles. The first-order valence-electron chi connectivity index (χ1n) is 9.13. The van der Waals surface area contributed by atoms with Crippen molar-refractivity contribution < 1.29 is 4.74 Å². The van der Waals surface area contributed by atoms with E-state index in [1.54, 1.807) is 0 Å². The number of pyridine rings is 1. The largest absolute Gasteiger partial charge is 0.357 e. The Labute approximate surface area is 187 Å². The van der Waals surface area contributed by atoms with E-state index in [2.05, 4.69) is 78.0 Å². The molecule has 0 spiro atoms. The van der Waals surface area contributed by atoms with Crippen molar-refractivity contribution in [3.8, 4) is 0 Å². The van der Waals surface area contributed by atoms with Crippen LogP contribution in [0.4, 0.5) is 5.82 Å². The molecule has 7 heteroatoms. The Morgan fingerprint density at radius 2 is 1.50 bits per heavy atom. The lowest BCUT2D eigenvalue weighted by atomic mass is 10.1. The second-order valence-corrected chi connectivity index (χ2v) is 7.59. The van der Waals surface area contributed by atoms with Crippen molar-refractivity contribution in [3.63, 3.8) is 0 Å². The molecular weight excluding hydrogens is 417 g/mol. The molecule has 4 nitrogen and oxygen atoms in total. The first-order valence-corrected chi connectivity index (χ1v) is 9.13. The van der Waals surface area contributed by atoms with E-state index in [9.17, 15) is 0 Å². The highest BCUT2D eigenvalue weighted by molar-refractivity contribution is 5.86. The fourth-order valence-electron chi connectivity index (χ4n) is 3.25. The Bertz CT molecular complexity index is 645. The molecule has 1 unspecified atom stereocenters. The normalized spacial score (nSPS) is 15.6. The molecule has 1 aromatic carbocycles. The third-order valence-corrected chi connectivity index (χ3v) is 4.44. The Kier molecular flexibility index (Phi) is 12.0. The van der Waals surface area contributed by atoms with E-state index in [4.69, 9.17) is 4.74 Å². The highest BCUT2D eigenvalue weighted by Crippen LogP contribution is 2.21. The summed E-state index contributed by atoms with van der Waals surface area (Å²) >= 11 is 0. The van der Waals surface area contributed by atoms with Crippen LogP contribution < -0.4 is 4.90 Å². The van der Waals surface area contributed by atoms with Gasteiger partial charge < -0.3 is 9.64 Å². The molecule has 1 saturated heterocycles. The van der Waals surface area contributed by atoms with Gasteiger partial charge in [0, 0.05) is 38.8 Å². The number of rotatable bonds is 5. The number of halogens is 3. The van der Waals surface area contributed by atoms with Gasteiger partial charge in [0.05, 0.1) is 5.60 Å². The van der Waals surface area contributed by atoms with Crippen LogP contribution in [0.25, 0.3) is 0 Å². The summed E-state index contributed by atoms with van der Waals surface area (Å²) in [6.45, 7) is 10.3. The molecule has 1 atom stereocenters. The summed E-state index contributed by atoms with van der Waals surface area (Å²) in [5.74, 6) is 1.07. The van der Waals surface area contributed by atoms with E-state index in [0.29, 0.717) is 0 Å². The number of ether oxygens (including phenoxy) is 1. The summed E-state index contributed by atoms with van der Waals surface area (Å²) in [7, 11) is 0. The molecule has 1 fully saturated rings. The van der Waals surface area contributed by atoms with Gasteiger partial charge in [-0.2, -0.15) is 0 Å². The minimum atomic E-state index is -0.155. The van der Waals surface area contributed by atoms with Gasteiger partial charge in [-0.25, -0.2) is 4.98 Å². The van der Waals surface area contributed by atoms with E-state index in [-0.39, 0.29) is 49.1 Å². The van der Waals surface area contributed by atoms with Gasteiger partial charge in [-0.15, -0.1) is 37.2 Å². The van der Waals surface area contributed by atoms with Crippen molar-refractivity contribution in [2.24, 2.45) is 0 Å². The standard InChI is InChI=1S/C21H29N3O.3ClH/c1-21(2,3)25-20(17-18-9-5-4-6-10-18)24-15-13-23(14-16-24)19-11-7-8-12-22-19;;;/h4-12,20H,13-17H2,1-3H3;3*1H. The van der Waals surface area contributed by atoms with Crippen LogP contribution in [0, 0.1) is 0 Å². The molecule has 1 aromatic heterocycles. The average molecular weight is 449 g/mol. The maximum Gasteiger partial charge on any atom is 0.128 e. The fraction of sp³-hybridized carbons (Fsp3) is 0.476. The molecule has 2 aromatic rings. The highest BCUT2D eigenvalue weighted by atomic mass is 35.5. The summed E-state index contributed by atoms with van der Waals surface area (Å²) in [5.41, 5.74) is 1.17. The SMILES string of the molecule is CC(C)(C)OC(Cc1ccccc1)N1CCN(c2ccccn2)CC1.Cl.Cl.Cl. The van der Waals surface area contributed by atoms with E-state index >= 15 is 0 Å². The summed E-state index contributed by atoms with van der Waals surface area (Å²) < 4.78 is 6.41. The second-order valence-electron chi connectivity index (χ2n) is 7.59. The minimum absolute atomic E-state index is 0. The van der Waals surface area contributed by atoms with E-state index in [1.807, 2.05) is 12.3 Å². The van der Waals surface area contributed by atoms with Crippen LogP contribution in [-0.2, 0) is 11.2 Å². The predicted molar refractivity (Wildman–Crippen MR) is 125 cm³/mol. The predicted octanol–water partition coefficient (Wildman–Crippen LogP) is 4.85. The maximum atomic E-state index is 6.41. The van der Waals surface area contributed by atoms with Gasteiger partial charge in [0.2, 0.25) is 0 Å². The van der Waals surface area contributed by atoms with Crippen LogP contribution in [0.5, 0.6) is 0 Å². The zero-order chi connectivity index (χ0) is 17.7. The number of nitrogens with zero attached hydrogens (tertiary/aromatic N) is 3. The van der Waals surface area contributed by atoms with E-state index in [0.717, 1.165) is 38.4 Å². The molecule has 0 radical (unpaired) electrons. The van der Waals surface area contributed by atoms with Crippen molar-refractivity contribution >= 4 is 43.0 Å². The molecule has 158 valence electrons. The van der Waals surface area contributed by atoms with Crippen LogP contribution >= 0.6 is 37.2 Å². The molecule has 0 N–H and O–H groups in total. The molecule has 0 aliphatic carbocycles. The van der Waals surface area contributed by atoms with E-state index < -0.39 is 0 Å². The first kappa shape index (κ1) is 27.0. The van der Waals surface area contributed by atoms with Crippen LogP contribution in [-0.4, -0.2) is 47.9 Å². The highest BCUT2D eigenvalue weighted by Gasteiger charge is 2.28. The van der Waals surface area contributed by atoms with Crippen molar-refractivity contribution in [1.82, 2.24) is 9.88 Å². The van der Waals surface area contributed by atoms with Crippen LogP contribution in [0.15, 0.2) is 54.7 Å². The van der Waals surface area contributed by atoms with E-state index in [1.165, 1.54) is 5.56 Å². The lowest BCUT2D eigenvalue weighted by Gasteiger charge is -2.41. The summed E-state index contributed by atoms with van der Waals surface area (Å²) in [6, 6.07) is 16.7. The van der Waals surface area contributed by atoms with Gasteiger partial charge in [0.1, 0.15) is 12.0 Å². The topological polar surface area (TPSA) is 28.6 Å². The van der Waals surface area contributed by atoms with Gasteiger partial charge in [-0.1, -0.05) is 36.4 Å². The summed E-state index contributed by atoms with van der Waals surface area (Å²) in [4.78, 5) is 9.30. The monoisotopic (exact) mass is 447 g/mol. The number of benzene rings is 1. The zero-order valence-electron chi connectivity index (χ0n) is 16.8. The van der Waals surface area contributed by atoms with Crippen LogP contribution in [0.1, 0.15) is 26.3 Å². The van der Waals surface area contributed by atoms with Gasteiger partial charge >= 0.3 is 0 Å². The molecule has 0 bridgehead atoms. The lowest BCUT2D eigenvalue weighted by Crippen LogP contribution is -2.53. The van der Waals surface area contributed by atoms with Gasteiger partial charge in [-0.3, -0.25) is 4.90 Å². The van der Waals surface area contributed by atoms with Gasteiger partial charge in [0.15, 0.2) is 0 Å². The van der Waals surface area contributed by atoms with Crippen LogP contribution in [0.3, 0.4) is 0 Å². The second kappa shape index (κ2) is 12.5. The minimum Gasteiger partial charge on any atom is -0.357 e. The third-order valence-electron chi connectivity index (χ3n) is 4.44. The quantitative estimate of drug-likeness (QED) is 0.653. The molecule has 1 aliphatic rings. The van der Waals surface area contributed by atoms with Crippen molar-refractivity contribution in [2.75, 3.05) is 31.1 Å².